The van der Waals surface area contributed by atoms with Gasteiger partial charge in [0.2, 0.25) is 0 Å². The molecule has 2 nitrogen and oxygen atoms in total. The van der Waals surface area contributed by atoms with Crippen molar-refractivity contribution in [2.45, 2.75) is 36.5 Å². The van der Waals surface area contributed by atoms with E-state index in [4.69, 9.17) is 10.8 Å². The lowest BCUT2D eigenvalue weighted by molar-refractivity contribution is -0.301. The van der Waals surface area contributed by atoms with Gasteiger partial charge >= 0.3 is 12.4 Å². The molecule has 0 spiro atoms. The van der Waals surface area contributed by atoms with E-state index in [1.165, 1.54) is 0 Å². The maximum atomic E-state index is 13.7. The zero-order valence-electron chi connectivity index (χ0n) is 8.44. The molecule has 0 aromatic carbocycles. The second-order valence-corrected chi connectivity index (χ2v) is 3.77. The second-order valence-electron chi connectivity index (χ2n) is 3.77. The number of nitrogens with one attached hydrogen (secondary N) is 2. The van der Waals surface area contributed by atoms with E-state index < -0.39 is 48.0 Å². The minimum Gasteiger partial charge on any atom is -0.306 e. The molecule has 2 atom stereocenters. The van der Waals surface area contributed by atoms with Gasteiger partial charge < -0.3 is 10.8 Å². The molecule has 104 valence electrons. The fourth-order valence-electron chi connectivity index (χ4n) is 1.74. The SMILES string of the molecule is N=C1CCC(=N)C(F)(C(F)(F)F)C1(F)C(F)(F)F. The summed E-state index contributed by atoms with van der Waals surface area (Å²) in [6.07, 6.45) is -14.7. The molecule has 18 heavy (non-hydrogen) atoms. The van der Waals surface area contributed by atoms with E-state index in [2.05, 4.69) is 0 Å². The van der Waals surface area contributed by atoms with E-state index >= 15 is 0 Å². The molecule has 0 aliphatic heterocycles. The molecule has 0 bridgehead atoms. The number of hydrogen-bond donors (Lipinski definition) is 2. The molecule has 0 radical (unpaired) electrons. The highest BCUT2D eigenvalue weighted by atomic mass is 19.4. The van der Waals surface area contributed by atoms with Gasteiger partial charge in [-0.25, -0.2) is 8.78 Å². The number of halogens is 8. The lowest BCUT2D eigenvalue weighted by atomic mass is 9.70. The molecule has 0 aromatic heterocycles. The molecule has 1 saturated carbocycles. The first-order valence-electron chi connectivity index (χ1n) is 4.47. The highest BCUT2D eigenvalue weighted by molar-refractivity contribution is 6.08. The largest absolute Gasteiger partial charge is 0.432 e. The molecular weight excluding hydrogens is 276 g/mol. The maximum absolute atomic E-state index is 13.7. The average Bonchev–Trinajstić information content (AvgIpc) is 2.17. The summed E-state index contributed by atoms with van der Waals surface area (Å²) in [6, 6.07) is 0. The van der Waals surface area contributed by atoms with Crippen LogP contribution in [0.15, 0.2) is 0 Å². The van der Waals surface area contributed by atoms with Crippen LogP contribution >= 0.6 is 0 Å². The number of rotatable bonds is 0. The molecule has 0 amide bonds. The Morgan fingerprint density at radius 2 is 0.944 bits per heavy atom. The van der Waals surface area contributed by atoms with Gasteiger partial charge in [-0.15, -0.1) is 0 Å². The molecule has 1 aliphatic carbocycles. The van der Waals surface area contributed by atoms with E-state index in [1.807, 2.05) is 0 Å². The van der Waals surface area contributed by atoms with E-state index in [0.29, 0.717) is 0 Å². The van der Waals surface area contributed by atoms with Crippen LogP contribution in [0, 0.1) is 10.8 Å². The fourth-order valence-corrected chi connectivity index (χ4v) is 1.74. The topological polar surface area (TPSA) is 47.7 Å². The molecule has 10 heteroatoms. The molecule has 0 heterocycles. The smallest absolute Gasteiger partial charge is 0.306 e. The van der Waals surface area contributed by atoms with E-state index in [9.17, 15) is 35.1 Å². The van der Waals surface area contributed by atoms with Crippen LogP contribution in [0.5, 0.6) is 0 Å². The highest BCUT2D eigenvalue weighted by Gasteiger charge is 2.83. The van der Waals surface area contributed by atoms with Crippen molar-refractivity contribution < 1.29 is 35.1 Å². The van der Waals surface area contributed by atoms with Gasteiger partial charge in [0.1, 0.15) is 0 Å². The summed E-state index contributed by atoms with van der Waals surface area (Å²) in [4.78, 5) is 0. The van der Waals surface area contributed by atoms with Crippen LogP contribution in [0.25, 0.3) is 0 Å². The number of hydrogen-bond acceptors (Lipinski definition) is 2. The van der Waals surface area contributed by atoms with E-state index in [-0.39, 0.29) is 0 Å². The van der Waals surface area contributed by atoms with Gasteiger partial charge in [0.15, 0.2) is 0 Å². The van der Waals surface area contributed by atoms with Crippen LogP contribution in [-0.4, -0.2) is 35.1 Å². The van der Waals surface area contributed by atoms with Crippen molar-refractivity contribution >= 4 is 11.4 Å². The highest BCUT2D eigenvalue weighted by Crippen LogP contribution is 2.55. The zero-order chi connectivity index (χ0) is 14.6. The predicted molar refractivity (Wildman–Crippen MR) is 44.5 cm³/mol. The van der Waals surface area contributed by atoms with Gasteiger partial charge in [-0.2, -0.15) is 26.3 Å². The van der Waals surface area contributed by atoms with Crippen molar-refractivity contribution in [1.82, 2.24) is 0 Å². The van der Waals surface area contributed by atoms with Gasteiger partial charge in [-0.3, -0.25) is 0 Å². The first-order valence-corrected chi connectivity index (χ1v) is 4.47. The van der Waals surface area contributed by atoms with Gasteiger partial charge in [0, 0.05) is 0 Å². The molecule has 2 N–H and O–H groups in total. The Hall–Kier alpha value is -1.22. The monoisotopic (exact) mass is 282 g/mol. The molecular formula is C8H6F8N2. The van der Waals surface area contributed by atoms with E-state index in [1.54, 1.807) is 0 Å². The van der Waals surface area contributed by atoms with Crippen molar-refractivity contribution in [3.05, 3.63) is 0 Å². The van der Waals surface area contributed by atoms with Crippen LogP contribution in [0.4, 0.5) is 35.1 Å². The van der Waals surface area contributed by atoms with Gasteiger partial charge in [-0.05, 0) is 12.8 Å². The maximum Gasteiger partial charge on any atom is 0.432 e. The van der Waals surface area contributed by atoms with E-state index in [0.717, 1.165) is 0 Å². The lowest BCUT2D eigenvalue weighted by Gasteiger charge is -2.44. The summed E-state index contributed by atoms with van der Waals surface area (Å²) < 4.78 is 102. The standard InChI is InChI=1S/C8H6F8N2/c9-5(7(11,12)13)3(17)1-2-4(18)6(5,10)8(14,15)16/h17-18H,1-2H2. The molecule has 1 rings (SSSR count). The van der Waals surface area contributed by atoms with Crippen LogP contribution in [0.1, 0.15) is 12.8 Å². The van der Waals surface area contributed by atoms with Crippen LogP contribution in [0.3, 0.4) is 0 Å². The summed E-state index contributed by atoms with van der Waals surface area (Å²) in [7, 11) is 0. The lowest BCUT2D eigenvalue weighted by Crippen LogP contribution is -2.73. The Bertz CT molecular complexity index is 359. The van der Waals surface area contributed by atoms with Gasteiger partial charge in [0.05, 0.1) is 11.4 Å². The van der Waals surface area contributed by atoms with Gasteiger partial charge in [-0.1, -0.05) is 0 Å². The zero-order valence-corrected chi connectivity index (χ0v) is 8.44. The van der Waals surface area contributed by atoms with Crippen LogP contribution in [0.2, 0.25) is 0 Å². The normalized spacial score (nSPS) is 34.9. The molecule has 0 saturated heterocycles. The Labute approximate surface area is 95.0 Å². The summed E-state index contributed by atoms with van der Waals surface area (Å²) in [5.74, 6) is 0. The predicted octanol–water partition coefficient (Wildman–Crippen LogP) is 3.36. The fraction of sp³-hybridized carbons (Fsp3) is 0.750. The Balaban J connectivity index is 3.60. The van der Waals surface area contributed by atoms with Crippen molar-refractivity contribution in [1.29, 1.82) is 10.8 Å². The minimum atomic E-state index is -6.28. The quantitative estimate of drug-likeness (QED) is 0.640. The van der Waals surface area contributed by atoms with Gasteiger partial charge in [0.25, 0.3) is 11.3 Å². The molecule has 0 aromatic rings. The summed E-state index contributed by atoms with van der Waals surface area (Å²) in [5, 5.41) is 13.4. The summed E-state index contributed by atoms with van der Waals surface area (Å²) >= 11 is 0. The third-order valence-corrected chi connectivity index (χ3v) is 2.71. The Kier molecular flexibility index (Phi) is 3.00. The van der Waals surface area contributed by atoms with Crippen molar-refractivity contribution in [3.63, 3.8) is 0 Å². The van der Waals surface area contributed by atoms with Crippen molar-refractivity contribution in [3.8, 4) is 0 Å². The Morgan fingerprint density at radius 1 is 0.722 bits per heavy atom. The van der Waals surface area contributed by atoms with Crippen LogP contribution < -0.4 is 0 Å². The first-order chi connectivity index (χ1) is 7.80. The Morgan fingerprint density at radius 3 is 1.11 bits per heavy atom. The second kappa shape index (κ2) is 3.64. The average molecular weight is 282 g/mol. The van der Waals surface area contributed by atoms with Crippen LogP contribution in [-0.2, 0) is 0 Å². The summed E-state index contributed by atoms with van der Waals surface area (Å²) in [6.45, 7) is 0. The molecule has 1 aliphatic rings. The molecule has 1 fully saturated rings. The first kappa shape index (κ1) is 14.8. The third-order valence-electron chi connectivity index (χ3n) is 2.71. The number of alkyl halides is 8. The van der Waals surface area contributed by atoms with Crippen molar-refractivity contribution in [2.75, 3.05) is 0 Å². The minimum absolute atomic E-state index is 1.09. The van der Waals surface area contributed by atoms with Crippen molar-refractivity contribution in [2.24, 2.45) is 0 Å². The molecule has 2 unspecified atom stereocenters. The third kappa shape index (κ3) is 1.53. The summed E-state index contributed by atoms with van der Waals surface area (Å²) in [5.41, 5.74) is -15.2.